The highest BCUT2D eigenvalue weighted by Crippen LogP contribution is 2.29. The summed E-state index contributed by atoms with van der Waals surface area (Å²) in [5.74, 6) is 0.697. The summed E-state index contributed by atoms with van der Waals surface area (Å²) >= 11 is 0. The lowest BCUT2D eigenvalue weighted by Gasteiger charge is -2.43. The number of rotatable bonds is 3. The van der Waals surface area contributed by atoms with E-state index in [1.807, 2.05) is 11.8 Å². The second-order valence-corrected chi connectivity index (χ2v) is 6.91. The largest absolute Gasteiger partial charge is 0.450 e. The lowest BCUT2D eigenvalue weighted by atomic mass is 9.84. The molecule has 3 rings (SSSR count). The van der Waals surface area contributed by atoms with Gasteiger partial charge in [-0.05, 0) is 32.6 Å². The summed E-state index contributed by atoms with van der Waals surface area (Å²) in [7, 11) is 0. The first kappa shape index (κ1) is 16.6. The summed E-state index contributed by atoms with van der Waals surface area (Å²) in [4.78, 5) is 30.4. The topological polar surface area (TPSA) is 53.1 Å². The van der Waals surface area contributed by atoms with E-state index in [1.165, 1.54) is 6.42 Å². The Balaban J connectivity index is 1.40. The zero-order valence-corrected chi connectivity index (χ0v) is 14.2. The standard InChI is InChI=1S/C17H29N3O3/c1-2-23-17(22)20-8-6-15(7-9-20)18-10-12-19(13-11-18)16(21)14-4-3-5-14/h14-15H,2-13H2,1H3. The summed E-state index contributed by atoms with van der Waals surface area (Å²) in [5, 5.41) is 0. The van der Waals surface area contributed by atoms with Gasteiger partial charge in [0.15, 0.2) is 0 Å². The van der Waals surface area contributed by atoms with Crippen molar-refractivity contribution in [3.8, 4) is 0 Å². The van der Waals surface area contributed by atoms with Crippen LogP contribution in [-0.4, -0.2) is 78.6 Å². The molecule has 6 nitrogen and oxygen atoms in total. The van der Waals surface area contributed by atoms with E-state index >= 15 is 0 Å². The monoisotopic (exact) mass is 323 g/mol. The molecule has 0 N–H and O–H groups in total. The van der Waals surface area contributed by atoms with Gasteiger partial charge in [-0.3, -0.25) is 9.69 Å². The first-order valence-electron chi connectivity index (χ1n) is 9.13. The highest BCUT2D eigenvalue weighted by atomic mass is 16.6. The fourth-order valence-corrected chi connectivity index (χ4v) is 3.85. The van der Waals surface area contributed by atoms with Crippen LogP contribution < -0.4 is 0 Å². The SMILES string of the molecule is CCOC(=O)N1CCC(N2CCN(C(=O)C3CCC3)CC2)CC1. The Bertz CT molecular complexity index is 423. The van der Waals surface area contributed by atoms with Crippen LogP contribution in [0.15, 0.2) is 0 Å². The van der Waals surface area contributed by atoms with Crippen LogP contribution in [0.3, 0.4) is 0 Å². The molecule has 3 fully saturated rings. The highest BCUT2D eigenvalue weighted by Gasteiger charge is 2.33. The van der Waals surface area contributed by atoms with Gasteiger partial charge in [0.25, 0.3) is 0 Å². The fourth-order valence-electron chi connectivity index (χ4n) is 3.85. The van der Waals surface area contributed by atoms with Crippen molar-refractivity contribution in [3.05, 3.63) is 0 Å². The molecule has 0 atom stereocenters. The van der Waals surface area contributed by atoms with Gasteiger partial charge in [0.1, 0.15) is 0 Å². The molecule has 3 aliphatic rings. The number of carbonyl (C=O) groups excluding carboxylic acids is 2. The van der Waals surface area contributed by atoms with E-state index in [4.69, 9.17) is 4.74 Å². The first-order chi connectivity index (χ1) is 11.2. The normalized spacial score (nSPS) is 24.4. The van der Waals surface area contributed by atoms with Crippen LogP contribution in [0, 0.1) is 5.92 Å². The smallest absolute Gasteiger partial charge is 0.409 e. The van der Waals surface area contributed by atoms with Crippen molar-refractivity contribution < 1.29 is 14.3 Å². The van der Waals surface area contributed by atoms with Crippen molar-refractivity contribution in [1.29, 1.82) is 0 Å². The van der Waals surface area contributed by atoms with E-state index in [0.717, 1.165) is 65.0 Å². The van der Waals surface area contributed by atoms with Crippen LogP contribution in [0.5, 0.6) is 0 Å². The van der Waals surface area contributed by atoms with Crippen LogP contribution in [-0.2, 0) is 9.53 Å². The molecule has 0 spiro atoms. The maximum absolute atomic E-state index is 12.3. The summed E-state index contributed by atoms with van der Waals surface area (Å²) in [6.07, 6.45) is 5.23. The summed E-state index contributed by atoms with van der Waals surface area (Å²) in [5.41, 5.74) is 0. The van der Waals surface area contributed by atoms with Crippen molar-refractivity contribution in [1.82, 2.24) is 14.7 Å². The average Bonchev–Trinajstić information content (AvgIpc) is 2.54. The van der Waals surface area contributed by atoms with Crippen molar-refractivity contribution in [2.24, 2.45) is 5.92 Å². The van der Waals surface area contributed by atoms with Gasteiger partial charge in [0.2, 0.25) is 5.91 Å². The molecule has 23 heavy (non-hydrogen) atoms. The number of ether oxygens (including phenoxy) is 1. The summed E-state index contributed by atoms with van der Waals surface area (Å²) < 4.78 is 5.07. The van der Waals surface area contributed by atoms with Gasteiger partial charge in [-0.15, -0.1) is 0 Å². The molecular formula is C17H29N3O3. The summed E-state index contributed by atoms with van der Waals surface area (Å²) in [6.45, 7) is 7.53. The Labute approximate surface area is 138 Å². The lowest BCUT2D eigenvalue weighted by Crippen LogP contribution is -2.55. The van der Waals surface area contributed by atoms with Crippen molar-refractivity contribution in [2.45, 2.75) is 45.1 Å². The molecule has 2 aliphatic heterocycles. The van der Waals surface area contributed by atoms with E-state index in [9.17, 15) is 9.59 Å². The van der Waals surface area contributed by atoms with Crippen molar-refractivity contribution in [2.75, 3.05) is 45.9 Å². The van der Waals surface area contributed by atoms with Gasteiger partial charge in [0, 0.05) is 51.2 Å². The van der Waals surface area contributed by atoms with E-state index in [1.54, 1.807) is 0 Å². The molecule has 0 aromatic carbocycles. The minimum Gasteiger partial charge on any atom is -0.450 e. The Morgan fingerprint density at radius 2 is 1.57 bits per heavy atom. The van der Waals surface area contributed by atoms with E-state index in [-0.39, 0.29) is 6.09 Å². The Kier molecular flexibility index (Phi) is 5.41. The molecule has 0 unspecified atom stereocenters. The third-order valence-corrected chi connectivity index (χ3v) is 5.59. The maximum atomic E-state index is 12.3. The molecule has 2 amide bonds. The van der Waals surface area contributed by atoms with E-state index in [2.05, 4.69) is 9.80 Å². The minimum absolute atomic E-state index is 0.179. The quantitative estimate of drug-likeness (QED) is 0.791. The predicted molar refractivity (Wildman–Crippen MR) is 87.1 cm³/mol. The summed E-state index contributed by atoms with van der Waals surface area (Å²) in [6, 6.07) is 0.543. The molecule has 0 aromatic heterocycles. The third kappa shape index (κ3) is 3.79. The molecule has 1 aliphatic carbocycles. The van der Waals surface area contributed by atoms with Gasteiger partial charge in [0.05, 0.1) is 6.61 Å². The van der Waals surface area contributed by atoms with Gasteiger partial charge < -0.3 is 14.5 Å². The molecule has 0 radical (unpaired) electrons. The zero-order valence-electron chi connectivity index (χ0n) is 14.2. The molecule has 2 saturated heterocycles. The van der Waals surface area contributed by atoms with Crippen LogP contribution in [0.1, 0.15) is 39.0 Å². The number of nitrogens with zero attached hydrogens (tertiary/aromatic N) is 3. The Morgan fingerprint density at radius 3 is 2.09 bits per heavy atom. The molecular weight excluding hydrogens is 294 g/mol. The van der Waals surface area contributed by atoms with Gasteiger partial charge in [-0.25, -0.2) is 4.79 Å². The number of carbonyl (C=O) groups is 2. The van der Waals surface area contributed by atoms with Crippen LogP contribution in [0.25, 0.3) is 0 Å². The predicted octanol–water partition coefficient (Wildman–Crippen LogP) is 1.55. The fraction of sp³-hybridized carbons (Fsp3) is 0.882. The maximum Gasteiger partial charge on any atom is 0.409 e. The second-order valence-electron chi connectivity index (χ2n) is 6.91. The highest BCUT2D eigenvalue weighted by molar-refractivity contribution is 5.79. The minimum atomic E-state index is -0.179. The number of hydrogen-bond acceptors (Lipinski definition) is 4. The number of likely N-dealkylation sites (tertiary alicyclic amines) is 1. The molecule has 6 heteroatoms. The van der Waals surface area contributed by atoms with Crippen LogP contribution in [0.4, 0.5) is 4.79 Å². The van der Waals surface area contributed by atoms with Crippen molar-refractivity contribution in [3.63, 3.8) is 0 Å². The van der Waals surface area contributed by atoms with Crippen LogP contribution >= 0.6 is 0 Å². The number of piperazine rings is 1. The number of hydrogen-bond donors (Lipinski definition) is 0. The average molecular weight is 323 g/mol. The number of piperidine rings is 1. The molecule has 0 bridgehead atoms. The Hall–Kier alpha value is -1.30. The first-order valence-corrected chi connectivity index (χ1v) is 9.13. The number of amides is 2. The molecule has 2 heterocycles. The Morgan fingerprint density at radius 1 is 0.913 bits per heavy atom. The second kappa shape index (κ2) is 7.51. The van der Waals surface area contributed by atoms with Gasteiger partial charge in [-0.1, -0.05) is 6.42 Å². The van der Waals surface area contributed by atoms with Crippen molar-refractivity contribution >= 4 is 12.0 Å². The van der Waals surface area contributed by atoms with Gasteiger partial charge >= 0.3 is 6.09 Å². The molecule has 0 aromatic rings. The van der Waals surface area contributed by atoms with E-state index < -0.39 is 0 Å². The molecule has 130 valence electrons. The van der Waals surface area contributed by atoms with E-state index in [0.29, 0.717) is 24.5 Å². The van der Waals surface area contributed by atoms with Crippen LogP contribution in [0.2, 0.25) is 0 Å². The zero-order chi connectivity index (χ0) is 16.2. The third-order valence-electron chi connectivity index (χ3n) is 5.59. The lowest BCUT2D eigenvalue weighted by molar-refractivity contribution is -0.140. The van der Waals surface area contributed by atoms with Gasteiger partial charge in [-0.2, -0.15) is 0 Å². The molecule has 1 saturated carbocycles.